The number of hydrogen-bond donors (Lipinski definition) is 2. The van der Waals surface area contributed by atoms with Crippen molar-refractivity contribution < 1.29 is 4.79 Å². The highest BCUT2D eigenvalue weighted by atomic mass is 35.5. The molecule has 3 aromatic rings. The van der Waals surface area contributed by atoms with Crippen LogP contribution in [-0.2, 0) is 6.42 Å². The van der Waals surface area contributed by atoms with E-state index >= 15 is 0 Å². The lowest BCUT2D eigenvalue weighted by molar-refractivity contribution is 0.102. The molecule has 0 saturated heterocycles. The highest BCUT2D eigenvalue weighted by Gasteiger charge is 2.09. The molecular formula is C19H17ClN4O. The summed E-state index contributed by atoms with van der Waals surface area (Å²) in [5, 5.41) is 6.56. The molecule has 25 heavy (non-hydrogen) atoms. The largest absolute Gasteiger partial charge is 0.340 e. The summed E-state index contributed by atoms with van der Waals surface area (Å²) in [4.78, 5) is 20.5. The van der Waals surface area contributed by atoms with E-state index in [4.69, 9.17) is 11.6 Å². The highest BCUT2D eigenvalue weighted by molar-refractivity contribution is 6.30. The van der Waals surface area contributed by atoms with Crippen molar-refractivity contribution in [1.29, 1.82) is 0 Å². The average molecular weight is 353 g/mol. The molecule has 0 bridgehead atoms. The number of rotatable bonds is 5. The van der Waals surface area contributed by atoms with Gasteiger partial charge in [-0.3, -0.25) is 4.79 Å². The van der Waals surface area contributed by atoms with E-state index in [9.17, 15) is 4.79 Å². The fourth-order valence-electron chi connectivity index (χ4n) is 2.25. The zero-order valence-electron chi connectivity index (χ0n) is 13.7. The van der Waals surface area contributed by atoms with Gasteiger partial charge in [0, 0.05) is 22.5 Å². The summed E-state index contributed by atoms with van der Waals surface area (Å²) in [6, 6.07) is 16.6. The minimum Gasteiger partial charge on any atom is -0.340 e. The van der Waals surface area contributed by atoms with Crippen LogP contribution >= 0.6 is 11.6 Å². The van der Waals surface area contributed by atoms with Gasteiger partial charge in [-0.2, -0.15) is 0 Å². The van der Waals surface area contributed by atoms with Crippen LogP contribution in [0.2, 0.25) is 5.02 Å². The third-order valence-electron chi connectivity index (χ3n) is 3.64. The van der Waals surface area contributed by atoms with Crippen molar-refractivity contribution in [3.05, 3.63) is 77.2 Å². The molecule has 3 rings (SSSR count). The molecule has 0 atom stereocenters. The Hall–Kier alpha value is -2.92. The Labute approximate surface area is 151 Å². The maximum atomic E-state index is 12.3. The standard InChI is InChI=1S/C19H17ClN4O/c1-2-13-3-7-15(8-4-13)23-18-11-17(21-12-22-18)19(25)24-16-9-5-14(20)6-10-16/h3-12H,2H2,1H3,(H,24,25)(H,21,22,23). The molecule has 126 valence electrons. The number of nitrogens with zero attached hydrogens (tertiary/aromatic N) is 2. The Balaban J connectivity index is 1.71. The number of anilines is 3. The van der Waals surface area contributed by atoms with Gasteiger partial charge in [-0.25, -0.2) is 9.97 Å². The molecule has 0 aliphatic heterocycles. The quantitative estimate of drug-likeness (QED) is 0.699. The SMILES string of the molecule is CCc1ccc(Nc2cc(C(=O)Nc3ccc(Cl)cc3)ncn2)cc1. The summed E-state index contributed by atoms with van der Waals surface area (Å²) in [7, 11) is 0. The summed E-state index contributed by atoms with van der Waals surface area (Å²) in [5.74, 6) is 0.245. The van der Waals surface area contributed by atoms with Crippen LogP contribution in [0.25, 0.3) is 0 Å². The number of amides is 1. The lowest BCUT2D eigenvalue weighted by atomic mass is 10.1. The second kappa shape index (κ2) is 7.77. The summed E-state index contributed by atoms with van der Waals surface area (Å²) in [5.41, 5.74) is 3.09. The Morgan fingerprint density at radius 3 is 2.36 bits per heavy atom. The van der Waals surface area contributed by atoms with Crippen LogP contribution in [0.1, 0.15) is 23.0 Å². The van der Waals surface area contributed by atoms with E-state index < -0.39 is 0 Å². The molecule has 0 saturated carbocycles. The van der Waals surface area contributed by atoms with Gasteiger partial charge >= 0.3 is 0 Å². The lowest BCUT2D eigenvalue weighted by Gasteiger charge is -2.08. The Morgan fingerprint density at radius 2 is 1.68 bits per heavy atom. The first-order valence-electron chi connectivity index (χ1n) is 7.89. The number of aryl methyl sites for hydroxylation is 1. The monoisotopic (exact) mass is 352 g/mol. The maximum absolute atomic E-state index is 12.3. The van der Waals surface area contributed by atoms with Crippen molar-refractivity contribution in [2.75, 3.05) is 10.6 Å². The van der Waals surface area contributed by atoms with E-state index in [1.165, 1.54) is 11.9 Å². The van der Waals surface area contributed by atoms with Crippen LogP contribution in [0, 0.1) is 0 Å². The van der Waals surface area contributed by atoms with Gasteiger partial charge in [-0.15, -0.1) is 0 Å². The lowest BCUT2D eigenvalue weighted by Crippen LogP contribution is -2.14. The van der Waals surface area contributed by atoms with Crippen LogP contribution < -0.4 is 10.6 Å². The van der Waals surface area contributed by atoms with Gasteiger partial charge in [0.1, 0.15) is 17.8 Å². The molecular weight excluding hydrogens is 336 g/mol. The molecule has 0 radical (unpaired) electrons. The van der Waals surface area contributed by atoms with Crippen molar-refractivity contribution in [1.82, 2.24) is 9.97 Å². The van der Waals surface area contributed by atoms with E-state index in [2.05, 4.69) is 39.7 Å². The van der Waals surface area contributed by atoms with E-state index in [1.54, 1.807) is 30.3 Å². The molecule has 0 aliphatic rings. The van der Waals surface area contributed by atoms with Gasteiger partial charge in [0.25, 0.3) is 5.91 Å². The molecule has 1 aromatic heterocycles. The van der Waals surface area contributed by atoms with Crippen molar-refractivity contribution in [3.8, 4) is 0 Å². The van der Waals surface area contributed by atoms with Gasteiger partial charge < -0.3 is 10.6 Å². The van der Waals surface area contributed by atoms with E-state index in [0.717, 1.165) is 12.1 Å². The van der Waals surface area contributed by atoms with Crippen LogP contribution in [0.15, 0.2) is 60.9 Å². The minimum atomic E-state index is -0.311. The number of nitrogens with one attached hydrogen (secondary N) is 2. The fourth-order valence-corrected chi connectivity index (χ4v) is 2.38. The van der Waals surface area contributed by atoms with Gasteiger partial charge in [0.05, 0.1) is 0 Å². The Morgan fingerprint density at radius 1 is 1.00 bits per heavy atom. The zero-order valence-corrected chi connectivity index (χ0v) is 14.4. The maximum Gasteiger partial charge on any atom is 0.274 e. The third kappa shape index (κ3) is 4.55. The number of carbonyl (C=O) groups is 1. The number of carbonyl (C=O) groups excluding carboxylic acids is 1. The first-order valence-corrected chi connectivity index (χ1v) is 8.27. The van der Waals surface area contributed by atoms with Crippen molar-refractivity contribution >= 4 is 34.7 Å². The second-order valence-electron chi connectivity index (χ2n) is 5.42. The van der Waals surface area contributed by atoms with Crippen molar-refractivity contribution in [2.45, 2.75) is 13.3 Å². The molecule has 2 aromatic carbocycles. The van der Waals surface area contributed by atoms with Gasteiger partial charge in [0.2, 0.25) is 0 Å². The summed E-state index contributed by atoms with van der Waals surface area (Å²) in [6.07, 6.45) is 2.35. The van der Waals surface area contributed by atoms with E-state index in [-0.39, 0.29) is 11.6 Å². The smallest absolute Gasteiger partial charge is 0.274 e. The number of hydrogen-bond acceptors (Lipinski definition) is 4. The number of aromatic nitrogens is 2. The van der Waals surface area contributed by atoms with Gasteiger partial charge in [-0.1, -0.05) is 30.7 Å². The van der Waals surface area contributed by atoms with Crippen LogP contribution in [0.4, 0.5) is 17.2 Å². The summed E-state index contributed by atoms with van der Waals surface area (Å²) < 4.78 is 0. The van der Waals surface area contributed by atoms with Crippen molar-refractivity contribution in [3.63, 3.8) is 0 Å². The molecule has 6 heteroatoms. The van der Waals surface area contributed by atoms with Crippen LogP contribution in [0.3, 0.4) is 0 Å². The second-order valence-corrected chi connectivity index (χ2v) is 5.86. The van der Waals surface area contributed by atoms with Crippen LogP contribution in [0.5, 0.6) is 0 Å². The molecule has 2 N–H and O–H groups in total. The fraction of sp³-hybridized carbons (Fsp3) is 0.105. The molecule has 0 fully saturated rings. The molecule has 5 nitrogen and oxygen atoms in total. The summed E-state index contributed by atoms with van der Waals surface area (Å²) in [6.45, 7) is 2.11. The van der Waals surface area contributed by atoms with Crippen LogP contribution in [-0.4, -0.2) is 15.9 Å². The predicted octanol–water partition coefficient (Wildman–Crippen LogP) is 4.69. The average Bonchev–Trinajstić information content (AvgIpc) is 2.64. The minimum absolute atomic E-state index is 0.276. The Bertz CT molecular complexity index is 863. The van der Waals surface area contributed by atoms with Crippen molar-refractivity contribution in [2.24, 2.45) is 0 Å². The highest BCUT2D eigenvalue weighted by Crippen LogP contribution is 2.17. The topological polar surface area (TPSA) is 66.9 Å². The summed E-state index contributed by atoms with van der Waals surface area (Å²) >= 11 is 5.84. The number of halogens is 1. The molecule has 1 heterocycles. The first kappa shape index (κ1) is 16.9. The van der Waals surface area contributed by atoms with Gasteiger partial charge in [0.15, 0.2) is 0 Å². The zero-order chi connectivity index (χ0) is 17.6. The molecule has 0 spiro atoms. The van der Waals surface area contributed by atoms with E-state index in [1.807, 2.05) is 12.1 Å². The number of benzene rings is 2. The van der Waals surface area contributed by atoms with Gasteiger partial charge in [-0.05, 0) is 48.4 Å². The first-order chi connectivity index (χ1) is 12.1. The Kier molecular flexibility index (Phi) is 5.26. The normalized spacial score (nSPS) is 10.3. The van der Waals surface area contributed by atoms with E-state index in [0.29, 0.717) is 16.5 Å². The predicted molar refractivity (Wildman–Crippen MR) is 101 cm³/mol. The molecule has 0 aliphatic carbocycles. The molecule has 0 unspecified atom stereocenters. The third-order valence-corrected chi connectivity index (χ3v) is 3.89. The molecule has 1 amide bonds.